The van der Waals surface area contributed by atoms with E-state index in [-0.39, 0.29) is 50.8 Å². The predicted octanol–water partition coefficient (Wildman–Crippen LogP) is 5.77. The Morgan fingerprint density at radius 3 is 2.55 bits per heavy atom. The third-order valence-corrected chi connectivity index (χ3v) is 7.26. The molecule has 3 aromatic heterocycles. The van der Waals surface area contributed by atoms with Gasteiger partial charge in [-0.05, 0) is 38.5 Å². The van der Waals surface area contributed by atoms with Crippen molar-refractivity contribution in [2.45, 2.75) is 45.5 Å². The summed E-state index contributed by atoms with van der Waals surface area (Å²) in [6.07, 6.45) is -3.83. The lowest BCUT2D eigenvalue weighted by molar-refractivity contribution is -0.174. The standard InChI is InChI=1S/C23H22ClF3N4O6S/c1-4-35-21(33)14-10(3)17(22(34)36-5-2)38-20(14)29-19(32)16-15(24)18-28-11(12-7-6-8-37-12)9-13(23(25,26)27)31(18)30-16/h6-8,11,13,28H,4-5,9H2,1-3H3,(H,29,32)/t11-,13-/m0/s1. The average Bonchev–Trinajstić information content (AvgIpc) is 3.57. The fraction of sp³-hybridized carbons (Fsp3) is 0.391. The van der Waals surface area contributed by atoms with Crippen LogP contribution in [0.1, 0.15) is 74.2 Å². The maximum Gasteiger partial charge on any atom is 0.410 e. The van der Waals surface area contributed by atoms with Crippen molar-refractivity contribution in [3.63, 3.8) is 0 Å². The van der Waals surface area contributed by atoms with Crippen molar-refractivity contribution in [2.75, 3.05) is 23.8 Å². The highest BCUT2D eigenvalue weighted by atomic mass is 35.5. The van der Waals surface area contributed by atoms with Crippen LogP contribution in [0.15, 0.2) is 22.8 Å². The second-order valence-electron chi connectivity index (χ2n) is 8.12. The number of amides is 1. The zero-order valence-electron chi connectivity index (χ0n) is 20.3. The summed E-state index contributed by atoms with van der Waals surface area (Å²) < 4.78 is 57.9. The van der Waals surface area contributed by atoms with Gasteiger partial charge in [0.05, 0.1) is 31.1 Å². The average molecular weight is 575 g/mol. The number of carbonyl (C=O) groups is 3. The number of anilines is 2. The highest BCUT2D eigenvalue weighted by Gasteiger charge is 2.48. The third-order valence-electron chi connectivity index (χ3n) is 5.71. The van der Waals surface area contributed by atoms with Crippen LogP contribution in [-0.2, 0) is 9.47 Å². The molecular formula is C23H22ClF3N4O6S. The Morgan fingerprint density at radius 2 is 1.95 bits per heavy atom. The van der Waals surface area contributed by atoms with Crippen LogP contribution in [0, 0.1) is 6.92 Å². The van der Waals surface area contributed by atoms with Gasteiger partial charge in [-0.25, -0.2) is 14.3 Å². The SMILES string of the molecule is CCOC(=O)c1sc(NC(=O)c2nn3c(c2Cl)N[C@H](c2ccco2)C[C@H]3C(F)(F)F)c(C(=O)OCC)c1C. The summed E-state index contributed by atoms with van der Waals surface area (Å²) >= 11 is 7.12. The summed E-state index contributed by atoms with van der Waals surface area (Å²) in [6.45, 7) is 4.78. The van der Waals surface area contributed by atoms with Crippen LogP contribution in [0.25, 0.3) is 0 Å². The van der Waals surface area contributed by atoms with Crippen LogP contribution < -0.4 is 10.6 Å². The lowest BCUT2D eigenvalue weighted by atomic mass is 10.0. The summed E-state index contributed by atoms with van der Waals surface area (Å²) in [5.41, 5.74) is -0.378. The second-order valence-corrected chi connectivity index (χ2v) is 9.52. The number of hydrogen-bond acceptors (Lipinski definition) is 9. The largest absolute Gasteiger partial charge is 0.467 e. The molecule has 0 saturated heterocycles. The van der Waals surface area contributed by atoms with Crippen LogP contribution in [0.3, 0.4) is 0 Å². The molecule has 0 aromatic carbocycles. The van der Waals surface area contributed by atoms with Gasteiger partial charge in [-0.3, -0.25) is 4.79 Å². The van der Waals surface area contributed by atoms with E-state index >= 15 is 0 Å². The van der Waals surface area contributed by atoms with E-state index in [0.29, 0.717) is 4.68 Å². The Balaban J connectivity index is 1.72. The van der Waals surface area contributed by atoms with Gasteiger partial charge in [-0.1, -0.05) is 11.6 Å². The Hall–Kier alpha value is -3.52. The minimum absolute atomic E-state index is 0.0250. The third kappa shape index (κ3) is 5.10. The number of aromatic nitrogens is 2. The summed E-state index contributed by atoms with van der Waals surface area (Å²) in [4.78, 5) is 38.3. The number of ether oxygens (including phenoxy) is 2. The number of alkyl halides is 3. The molecule has 1 amide bonds. The first-order valence-corrected chi connectivity index (χ1v) is 12.6. The van der Waals surface area contributed by atoms with Crippen molar-refractivity contribution >= 4 is 51.6 Å². The first kappa shape index (κ1) is 27.5. The van der Waals surface area contributed by atoms with Gasteiger partial charge in [-0.2, -0.15) is 18.3 Å². The Bertz CT molecular complexity index is 1370. The van der Waals surface area contributed by atoms with E-state index in [4.69, 9.17) is 25.5 Å². The van der Waals surface area contributed by atoms with Crippen molar-refractivity contribution in [2.24, 2.45) is 0 Å². The van der Waals surface area contributed by atoms with Gasteiger partial charge < -0.3 is 24.5 Å². The maximum absolute atomic E-state index is 14.0. The van der Waals surface area contributed by atoms with E-state index in [1.165, 1.54) is 19.3 Å². The van der Waals surface area contributed by atoms with Crippen LogP contribution in [-0.4, -0.2) is 47.0 Å². The van der Waals surface area contributed by atoms with Crippen LogP contribution in [0.4, 0.5) is 24.0 Å². The van der Waals surface area contributed by atoms with Gasteiger partial charge in [0.25, 0.3) is 5.91 Å². The number of halogens is 4. The molecule has 4 heterocycles. The molecule has 0 spiro atoms. The number of hydrogen-bond donors (Lipinski definition) is 2. The Morgan fingerprint density at radius 1 is 1.26 bits per heavy atom. The van der Waals surface area contributed by atoms with E-state index in [1.54, 1.807) is 19.9 Å². The van der Waals surface area contributed by atoms with E-state index in [9.17, 15) is 27.6 Å². The minimum atomic E-state index is -4.71. The second kappa shape index (κ2) is 10.7. The smallest absolute Gasteiger partial charge is 0.410 e. The predicted molar refractivity (Wildman–Crippen MR) is 131 cm³/mol. The molecule has 204 valence electrons. The zero-order valence-corrected chi connectivity index (χ0v) is 21.8. The highest BCUT2D eigenvalue weighted by Crippen LogP contribution is 2.46. The number of rotatable bonds is 7. The number of nitrogens with one attached hydrogen (secondary N) is 2. The maximum atomic E-state index is 14.0. The molecule has 0 saturated carbocycles. The molecule has 0 fully saturated rings. The van der Waals surface area contributed by atoms with Gasteiger partial charge in [0.1, 0.15) is 26.5 Å². The topological polar surface area (TPSA) is 125 Å². The summed E-state index contributed by atoms with van der Waals surface area (Å²) in [7, 11) is 0. The van der Waals surface area contributed by atoms with Crippen molar-refractivity contribution < 1.29 is 41.4 Å². The molecule has 0 unspecified atom stereocenters. The number of nitrogens with zero attached hydrogens (tertiary/aromatic N) is 2. The molecule has 15 heteroatoms. The van der Waals surface area contributed by atoms with E-state index in [0.717, 1.165) is 11.3 Å². The van der Waals surface area contributed by atoms with Gasteiger partial charge in [-0.15, -0.1) is 11.3 Å². The fourth-order valence-corrected chi connectivity index (χ4v) is 5.36. The summed E-state index contributed by atoms with van der Waals surface area (Å²) in [6, 6.07) is 0.0930. The number of fused-ring (bicyclic) bond motifs is 1. The molecule has 4 rings (SSSR count). The molecular weight excluding hydrogens is 553 g/mol. The molecule has 0 aliphatic carbocycles. The van der Waals surface area contributed by atoms with Gasteiger partial charge in [0, 0.05) is 6.42 Å². The molecule has 0 bridgehead atoms. The Kier molecular flexibility index (Phi) is 7.74. The first-order valence-electron chi connectivity index (χ1n) is 11.4. The number of furan rings is 1. The molecule has 10 nitrogen and oxygen atoms in total. The van der Waals surface area contributed by atoms with Gasteiger partial charge in [0.15, 0.2) is 11.7 Å². The number of esters is 2. The van der Waals surface area contributed by atoms with Crippen molar-refractivity contribution in [1.29, 1.82) is 0 Å². The van der Waals surface area contributed by atoms with E-state index in [2.05, 4.69) is 15.7 Å². The van der Waals surface area contributed by atoms with Gasteiger partial charge >= 0.3 is 18.1 Å². The van der Waals surface area contributed by atoms with E-state index < -0.39 is 48.2 Å². The van der Waals surface area contributed by atoms with E-state index in [1.807, 2.05) is 0 Å². The molecule has 38 heavy (non-hydrogen) atoms. The minimum Gasteiger partial charge on any atom is -0.467 e. The lowest BCUT2D eigenvalue weighted by Gasteiger charge is -2.32. The molecule has 1 aliphatic rings. The molecule has 2 atom stereocenters. The normalized spacial score (nSPS) is 16.9. The van der Waals surface area contributed by atoms with Gasteiger partial charge in [0.2, 0.25) is 0 Å². The summed E-state index contributed by atoms with van der Waals surface area (Å²) in [5.74, 6) is -2.46. The van der Waals surface area contributed by atoms with Crippen molar-refractivity contribution in [3.8, 4) is 0 Å². The Labute approximate surface area is 223 Å². The fourth-order valence-electron chi connectivity index (χ4n) is 4.01. The monoisotopic (exact) mass is 574 g/mol. The number of carbonyl (C=O) groups excluding carboxylic acids is 3. The zero-order chi connectivity index (χ0) is 27.8. The van der Waals surface area contributed by atoms with Crippen molar-refractivity contribution in [3.05, 3.63) is 50.9 Å². The summed E-state index contributed by atoms with van der Waals surface area (Å²) in [5, 5.41) is 8.76. The quantitative estimate of drug-likeness (QED) is 0.341. The van der Waals surface area contributed by atoms with Crippen LogP contribution >= 0.6 is 22.9 Å². The molecule has 0 radical (unpaired) electrons. The first-order chi connectivity index (χ1) is 18.0. The molecule has 3 aromatic rings. The molecule has 1 aliphatic heterocycles. The molecule has 2 N–H and O–H groups in total. The highest BCUT2D eigenvalue weighted by molar-refractivity contribution is 7.18. The van der Waals surface area contributed by atoms with Crippen molar-refractivity contribution in [1.82, 2.24) is 9.78 Å². The van der Waals surface area contributed by atoms with Crippen LogP contribution in [0.5, 0.6) is 0 Å². The number of thiophene rings is 1. The van der Waals surface area contributed by atoms with Crippen LogP contribution in [0.2, 0.25) is 5.02 Å². The lowest BCUT2D eigenvalue weighted by Crippen LogP contribution is -2.35.